The van der Waals surface area contributed by atoms with Crippen molar-refractivity contribution in [1.82, 2.24) is 15.2 Å². The maximum atomic E-state index is 10.3. The molecule has 0 saturated carbocycles. The van der Waals surface area contributed by atoms with Crippen molar-refractivity contribution in [2.24, 2.45) is 5.10 Å². The third kappa shape index (κ3) is 2.70. The number of nitrogens with zero attached hydrogens (tertiary/aromatic N) is 5. The molecule has 92 valence electrons. The summed E-state index contributed by atoms with van der Waals surface area (Å²) in [5.74, 6) is 0.254. The standard InChI is InChI=1S/C10H10N6O2/c11-5-9-2-1-8(6-13-9)7-15-4-3-12-10(15)14-16(17)18/h1-2,6H,3-4,7H2,(H,12,14). The lowest BCUT2D eigenvalue weighted by atomic mass is 10.2. The van der Waals surface area contributed by atoms with Crippen LogP contribution in [0.2, 0.25) is 0 Å². The van der Waals surface area contributed by atoms with Gasteiger partial charge in [-0.25, -0.2) is 15.1 Å². The summed E-state index contributed by atoms with van der Waals surface area (Å²) in [5, 5.41) is 24.4. The summed E-state index contributed by atoms with van der Waals surface area (Å²) in [4.78, 5) is 16.0. The fourth-order valence-electron chi connectivity index (χ4n) is 1.65. The topological polar surface area (TPSA) is 107 Å². The van der Waals surface area contributed by atoms with Gasteiger partial charge < -0.3 is 10.2 Å². The van der Waals surface area contributed by atoms with E-state index in [1.165, 1.54) is 0 Å². The number of hydrogen-bond donors (Lipinski definition) is 1. The van der Waals surface area contributed by atoms with E-state index >= 15 is 0 Å². The predicted octanol–water partition coefficient (Wildman–Crippen LogP) is -0.0938. The van der Waals surface area contributed by atoms with Crippen molar-refractivity contribution in [3.05, 3.63) is 39.7 Å². The fraction of sp³-hybridized carbons (Fsp3) is 0.300. The molecule has 1 N–H and O–H groups in total. The third-order valence-corrected chi connectivity index (χ3v) is 2.45. The Balaban J connectivity index is 2.08. The molecule has 1 saturated heterocycles. The molecule has 0 atom stereocenters. The Morgan fingerprint density at radius 2 is 2.50 bits per heavy atom. The molecule has 8 heteroatoms. The van der Waals surface area contributed by atoms with E-state index in [4.69, 9.17) is 5.26 Å². The molecule has 0 aliphatic carbocycles. The van der Waals surface area contributed by atoms with E-state index in [1.54, 1.807) is 23.2 Å². The van der Waals surface area contributed by atoms with Crippen LogP contribution in [0, 0.1) is 21.4 Å². The van der Waals surface area contributed by atoms with Gasteiger partial charge in [-0.15, -0.1) is 0 Å². The molecule has 2 heterocycles. The maximum Gasteiger partial charge on any atom is 0.271 e. The van der Waals surface area contributed by atoms with E-state index in [9.17, 15) is 10.1 Å². The number of hydrazone groups is 1. The molecule has 2 rings (SSSR count). The molecule has 0 radical (unpaired) electrons. The minimum atomic E-state index is -0.725. The molecule has 1 aliphatic rings. The number of rotatable bonds is 3. The number of nitrogens with one attached hydrogen (secondary N) is 1. The van der Waals surface area contributed by atoms with Gasteiger partial charge in [0.25, 0.3) is 5.96 Å². The van der Waals surface area contributed by atoms with Crippen LogP contribution in [-0.4, -0.2) is 34.0 Å². The van der Waals surface area contributed by atoms with Crippen molar-refractivity contribution >= 4 is 5.96 Å². The van der Waals surface area contributed by atoms with Crippen molar-refractivity contribution in [2.45, 2.75) is 6.54 Å². The van der Waals surface area contributed by atoms with Crippen molar-refractivity contribution in [1.29, 1.82) is 5.26 Å². The van der Waals surface area contributed by atoms with Gasteiger partial charge in [-0.3, -0.25) is 0 Å². The second kappa shape index (κ2) is 5.09. The zero-order chi connectivity index (χ0) is 13.0. The summed E-state index contributed by atoms with van der Waals surface area (Å²) >= 11 is 0. The summed E-state index contributed by atoms with van der Waals surface area (Å²) in [5.41, 5.74) is 1.21. The SMILES string of the molecule is N#Cc1ccc(CN2CCN/C2=N\[N+](=O)[O-])cn1. The van der Waals surface area contributed by atoms with Crippen LogP contribution in [0.15, 0.2) is 23.4 Å². The molecule has 8 nitrogen and oxygen atoms in total. The minimum absolute atomic E-state index is 0.254. The molecule has 0 unspecified atom stereocenters. The summed E-state index contributed by atoms with van der Waals surface area (Å²) in [6.45, 7) is 1.74. The van der Waals surface area contributed by atoms with Gasteiger partial charge in [-0.05, 0) is 11.6 Å². The third-order valence-electron chi connectivity index (χ3n) is 2.45. The highest BCUT2D eigenvalue weighted by Crippen LogP contribution is 2.07. The predicted molar refractivity (Wildman–Crippen MR) is 61.8 cm³/mol. The molecule has 1 aromatic rings. The fourth-order valence-corrected chi connectivity index (χ4v) is 1.65. The first kappa shape index (κ1) is 11.8. The Labute approximate surface area is 103 Å². The van der Waals surface area contributed by atoms with Gasteiger partial charge in [0.1, 0.15) is 16.9 Å². The zero-order valence-corrected chi connectivity index (χ0v) is 9.41. The van der Waals surface area contributed by atoms with Crippen LogP contribution in [0.4, 0.5) is 0 Å². The summed E-state index contributed by atoms with van der Waals surface area (Å²) in [6, 6.07) is 5.32. The van der Waals surface area contributed by atoms with E-state index in [-0.39, 0.29) is 5.96 Å². The minimum Gasteiger partial charge on any atom is -0.349 e. The molecule has 0 amide bonds. The first-order valence-corrected chi connectivity index (χ1v) is 5.26. The number of hydrogen-bond acceptors (Lipinski definition) is 4. The van der Waals surface area contributed by atoms with E-state index < -0.39 is 5.03 Å². The molecule has 1 aliphatic heterocycles. The average Bonchev–Trinajstić information content (AvgIpc) is 2.77. The van der Waals surface area contributed by atoms with Crippen LogP contribution in [0.3, 0.4) is 0 Å². The zero-order valence-electron chi connectivity index (χ0n) is 9.41. The number of aromatic nitrogens is 1. The van der Waals surface area contributed by atoms with Crippen molar-refractivity contribution in [3.8, 4) is 6.07 Å². The Morgan fingerprint density at radius 1 is 1.67 bits per heavy atom. The average molecular weight is 246 g/mol. The van der Waals surface area contributed by atoms with E-state index in [2.05, 4.69) is 15.4 Å². The molecular formula is C10H10N6O2. The smallest absolute Gasteiger partial charge is 0.271 e. The van der Waals surface area contributed by atoms with Crippen molar-refractivity contribution < 1.29 is 5.03 Å². The number of pyridine rings is 1. The van der Waals surface area contributed by atoms with Gasteiger partial charge >= 0.3 is 0 Å². The second-order valence-corrected chi connectivity index (χ2v) is 3.67. The van der Waals surface area contributed by atoms with Crippen LogP contribution in [0.1, 0.15) is 11.3 Å². The lowest BCUT2D eigenvalue weighted by Crippen LogP contribution is -2.30. The summed E-state index contributed by atoms with van der Waals surface area (Å²) in [7, 11) is 0. The van der Waals surface area contributed by atoms with E-state index in [1.807, 2.05) is 6.07 Å². The summed E-state index contributed by atoms with van der Waals surface area (Å²) < 4.78 is 0. The van der Waals surface area contributed by atoms with Crippen molar-refractivity contribution in [3.63, 3.8) is 0 Å². The van der Waals surface area contributed by atoms with Crippen molar-refractivity contribution in [2.75, 3.05) is 13.1 Å². The summed E-state index contributed by atoms with van der Waals surface area (Å²) in [6.07, 6.45) is 1.58. The first-order valence-electron chi connectivity index (χ1n) is 5.26. The Hall–Kier alpha value is -2.69. The van der Waals surface area contributed by atoms with E-state index in [0.717, 1.165) is 5.56 Å². The van der Waals surface area contributed by atoms with Gasteiger partial charge in [0.15, 0.2) is 5.03 Å². The normalized spacial score (nSPS) is 16.4. The highest BCUT2D eigenvalue weighted by Gasteiger charge is 2.21. The maximum absolute atomic E-state index is 10.3. The van der Waals surface area contributed by atoms with Crippen LogP contribution in [0.25, 0.3) is 0 Å². The van der Waals surface area contributed by atoms with Gasteiger partial charge in [0.05, 0.1) is 0 Å². The molecule has 0 aromatic carbocycles. The molecule has 0 bridgehead atoms. The van der Waals surface area contributed by atoms with Crippen LogP contribution >= 0.6 is 0 Å². The van der Waals surface area contributed by atoms with Gasteiger partial charge in [-0.1, -0.05) is 6.07 Å². The second-order valence-electron chi connectivity index (χ2n) is 3.67. The molecule has 0 spiro atoms. The molecular weight excluding hydrogens is 236 g/mol. The molecule has 1 aromatic heterocycles. The van der Waals surface area contributed by atoms with Crippen LogP contribution < -0.4 is 5.32 Å². The highest BCUT2D eigenvalue weighted by molar-refractivity contribution is 5.81. The van der Waals surface area contributed by atoms with E-state index in [0.29, 0.717) is 25.3 Å². The Kier molecular flexibility index (Phi) is 3.33. The number of guanidine groups is 1. The van der Waals surface area contributed by atoms with Gasteiger partial charge in [0.2, 0.25) is 0 Å². The van der Waals surface area contributed by atoms with Crippen LogP contribution in [-0.2, 0) is 6.54 Å². The molecule has 18 heavy (non-hydrogen) atoms. The largest absolute Gasteiger partial charge is 0.349 e. The van der Waals surface area contributed by atoms with Crippen LogP contribution in [0.5, 0.6) is 0 Å². The monoisotopic (exact) mass is 246 g/mol. The van der Waals surface area contributed by atoms with Gasteiger partial charge in [-0.2, -0.15) is 5.26 Å². The highest BCUT2D eigenvalue weighted by atomic mass is 16.7. The lowest BCUT2D eigenvalue weighted by Gasteiger charge is -2.14. The number of nitriles is 1. The molecule has 1 fully saturated rings. The van der Waals surface area contributed by atoms with Gasteiger partial charge in [0, 0.05) is 25.8 Å². The lowest BCUT2D eigenvalue weighted by molar-refractivity contribution is -0.485. The quantitative estimate of drug-likeness (QED) is 0.589. The Bertz CT molecular complexity index is 518. The Morgan fingerprint density at radius 3 is 3.11 bits per heavy atom. The number of nitro groups is 1. The first-order chi connectivity index (χ1) is 8.69.